The molecule has 0 saturated heterocycles. The van der Waals surface area contributed by atoms with E-state index in [1.807, 2.05) is 18.2 Å². The molecule has 14 nitrogen and oxygen atoms in total. The number of aromatic nitrogens is 1. The molecule has 3 aromatic carbocycles. The summed E-state index contributed by atoms with van der Waals surface area (Å²) in [6.07, 6.45) is 14.2. The number of amides is 1. The molecule has 74 heavy (non-hydrogen) atoms. The standard InChI is InChI=1S/C59H74N6O8S/c1-9-64(10-2)46-27-24-41-32-42(57(67)73-52(41)36-46)25-26-45-28-29-47(74(68,69)70)39-65(45)31-19-13-17-23-55(66)61-38-43-33-48(51-37-50(43)59(51,5)6)56-53(71-7)34-44(35-54(56)72-8)58(3,4)49(40-20-14-11-15-21-40)22-16-12-18-30-62-63-60/h11,14-15,20-21,24-29,32-36,39,48-51H,9-10,12-13,16-19,22-23,30-31,37-38H2,1-8H3,(H-,61,66,68,69,70)/p+1/t48-,49-,50+,51-/m0/s1. The van der Waals surface area contributed by atoms with Gasteiger partial charge in [-0.3, -0.25) is 9.35 Å². The molecule has 1 amide bonds. The number of allylic oxidation sites excluding steroid dienone is 1. The van der Waals surface area contributed by atoms with Crippen molar-refractivity contribution in [1.29, 1.82) is 0 Å². The molecule has 2 bridgehead atoms. The molecular formula is C59H75N6O8S+. The maximum Gasteiger partial charge on any atom is 0.343 e. The van der Waals surface area contributed by atoms with Crippen LogP contribution in [0.2, 0.25) is 0 Å². The van der Waals surface area contributed by atoms with E-state index < -0.39 is 15.7 Å². The fourth-order valence-corrected chi connectivity index (χ4v) is 12.1. The molecule has 8 rings (SSSR count). The zero-order valence-corrected chi connectivity index (χ0v) is 45.3. The van der Waals surface area contributed by atoms with Crippen LogP contribution in [0.15, 0.2) is 116 Å². The molecule has 0 aliphatic heterocycles. The highest BCUT2D eigenvalue weighted by Gasteiger charge is 2.56. The van der Waals surface area contributed by atoms with Crippen molar-refractivity contribution in [2.24, 2.45) is 22.4 Å². The molecule has 2 N–H and O–H groups in total. The summed E-state index contributed by atoms with van der Waals surface area (Å²) in [5.74, 6) is 2.52. The molecule has 1 fully saturated rings. The van der Waals surface area contributed by atoms with Crippen LogP contribution in [0.5, 0.6) is 11.5 Å². The van der Waals surface area contributed by atoms with Crippen LogP contribution >= 0.6 is 0 Å². The van der Waals surface area contributed by atoms with Gasteiger partial charge in [0.05, 0.1) is 19.8 Å². The number of rotatable bonds is 26. The molecule has 2 heterocycles. The van der Waals surface area contributed by atoms with Gasteiger partial charge in [0.25, 0.3) is 10.1 Å². The van der Waals surface area contributed by atoms with Crippen LogP contribution in [0, 0.1) is 17.3 Å². The van der Waals surface area contributed by atoms with Crippen molar-refractivity contribution in [2.75, 3.05) is 45.3 Å². The number of azide groups is 1. The van der Waals surface area contributed by atoms with Gasteiger partial charge in [0.1, 0.15) is 23.6 Å². The van der Waals surface area contributed by atoms with Gasteiger partial charge in [-0.1, -0.05) is 87.6 Å². The van der Waals surface area contributed by atoms with E-state index in [4.69, 9.17) is 19.4 Å². The van der Waals surface area contributed by atoms with Crippen molar-refractivity contribution in [1.82, 2.24) is 5.32 Å². The van der Waals surface area contributed by atoms with Gasteiger partial charge in [-0.15, -0.1) is 0 Å². The van der Waals surface area contributed by atoms with Crippen LogP contribution in [0.4, 0.5) is 5.69 Å². The number of hydrogen-bond donors (Lipinski definition) is 2. The Bertz CT molecular complexity index is 3040. The van der Waals surface area contributed by atoms with Gasteiger partial charge in [-0.2, -0.15) is 13.0 Å². The lowest BCUT2D eigenvalue weighted by molar-refractivity contribution is -0.700. The number of hydrogen-bond acceptors (Lipinski definition) is 9. The van der Waals surface area contributed by atoms with E-state index in [-0.39, 0.29) is 33.5 Å². The van der Waals surface area contributed by atoms with Gasteiger partial charge in [0.2, 0.25) is 11.6 Å². The second kappa shape index (κ2) is 24.3. The van der Waals surface area contributed by atoms with Gasteiger partial charge in [-0.05, 0) is 134 Å². The highest BCUT2D eigenvalue weighted by molar-refractivity contribution is 7.85. The fraction of sp³-hybridized carbons (Fsp3) is 0.475. The molecule has 0 spiro atoms. The second-order valence-corrected chi connectivity index (χ2v) is 22.5. The van der Waals surface area contributed by atoms with Crippen molar-refractivity contribution in [3.05, 3.63) is 146 Å². The van der Waals surface area contributed by atoms with Crippen molar-refractivity contribution >= 4 is 44.8 Å². The Hall–Kier alpha value is -6.41. The molecule has 2 aromatic heterocycles. The molecule has 5 aromatic rings. The Morgan fingerprint density at radius 2 is 1.69 bits per heavy atom. The number of nitrogens with one attached hydrogen (secondary N) is 1. The Balaban J connectivity index is 1.00. The molecule has 1 saturated carbocycles. The van der Waals surface area contributed by atoms with E-state index in [1.165, 1.54) is 23.4 Å². The third-order valence-corrected chi connectivity index (χ3v) is 16.9. The molecule has 0 radical (unpaired) electrons. The minimum Gasteiger partial charge on any atom is -0.496 e. The normalized spacial score (nSPS) is 17.5. The number of aryl methyl sites for hydroxylation is 1. The lowest BCUT2D eigenvalue weighted by Crippen LogP contribution is -2.52. The number of nitrogens with zero attached hydrogens (tertiary/aromatic N) is 5. The van der Waals surface area contributed by atoms with E-state index in [2.05, 4.69) is 110 Å². The average molecular weight is 1030 g/mol. The third-order valence-electron chi connectivity index (χ3n) is 16.1. The zero-order chi connectivity index (χ0) is 53.2. The number of pyridine rings is 1. The van der Waals surface area contributed by atoms with Crippen LogP contribution in [-0.2, 0) is 26.9 Å². The first-order chi connectivity index (χ1) is 35.4. The number of carbonyl (C=O) groups is 1. The first-order valence-corrected chi connectivity index (χ1v) is 27.7. The number of unbranched alkanes of at least 4 members (excludes halogenated alkanes) is 4. The summed E-state index contributed by atoms with van der Waals surface area (Å²) in [6, 6.07) is 25.6. The van der Waals surface area contributed by atoms with Gasteiger partial charge in [0, 0.05) is 84.7 Å². The van der Waals surface area contributed by atoms with E-state index >= 15 is 0 Å². The lowest BCUT2D eigenvalue weighted by atomic mass is 9.45. The smallest absolute Gasteiger partial charge is 0.343 e. The van der Waals surface area contributed by atoms with Crippen LogP contribution in [0.3, 0.4) is 0 Å². The molecule has 15 heteroatoms. The zero-order valence-electron chi connectivity index (χ0n) is 44.5. The summed E-state index contributed by atoms with van der Waals surface area (Å²) in [5, 5.41) is 7.73. The van der Waals surface area contributed by atoms with E-state index in [0.717, 1.165) is 78.9 Å². The molecular weight excluding hydrogens is 953 g/mol. The predicted octanol–water partition coefficient (Wildman–Crippen LogP) is 12.4. The van der Waals surface area contributed by atoms with Crippen molar-refractivity contribution in [3.8, 4) is 11.5 Å². The van der Waals surface area contributed by atoms with Crippen molar-refractivity contribution in [2.45, 2.75) is 128 Å². The summed E-state index contributed by atoms with van der Waals surface area (Å²) in [7, 11) is -1.00. The van der Waals surface area contributed by atoms with Crippen molar-refractivity contribution < 1.29 is 36.2 Å². The van der Waals surface area contributed by atoms with Gasteiger partial charge < -0.3 is 24.1 Å². The van der Waals surface area contributed by atoms with E-state index in [9.17, 15) is 22.6 Å². The summed E-state index contributed by atoms with van der Waals surface area (Å²) >= 11 is 0. The minimum absolute atomic E-state index is 0.000469. The SMILES string of the molecule is CCN(CC)c1ccc2cc(/C=C/c3ccc(S(=O)(=O)O)c[n+]3CCCCCC(=O)NCC3=C[C@H](c4c(OC)cc(C(C)(C)[C@@H](CCCCCN=[N+]=[N-])c5ccccc5)cc4OC)[C@@H]4C[C@H]3C4(C)C)c(=O)oc2c1. The van der Waals surface area contributed by atoms with Crippen LogP contribution < -0.4 is 29.9 Å². The first-order valence-electron chi connectivity index (χ1n) is 26.3. The first kappa shape index (κ1) is 55.3. The van der Waals surface area contributed by atoms with Crippen LogP contribution in [0.25, 0.3) is 33.6 Å². The summed E-state index contributed by atoms with van der Waals surface area (Å²) in [6.45, 7) is 16.4. The largest absolute Gasteiger partial charge is 0.496 e. The summed E-state index contributed by atoms with van der Waals surface area (Å²) in [5.41, 5.74) is 15.1. The molecule has 394 valence electrons. The average Bonchev–Trinajstić information content (AvgIpc) is 3.39. The maximum atomic E-state index is 13.4. The number of carbonyl (C=O) groups excluding carboxylic acids is 1. The monoisotopic (exact) mass is 1030 g/mol. The second-order valence-electron chi connectivity index (χ2n) is 21.0. The number of fused-ring (bicyclic) bond motifs is 2. The summed E-state index contributed by atoms with van der Waals surface area (Å²) in [4.78, 5) is 31.4. The van der Waals surface area contributed by atoms with Gasteiger partial charge >= 0.3 is 5.63 Å². The van der Waals surface area contributed by atoms with Crippen molar-refractivity contribution in [3.63, 3.8) is 0 Å². The van der Waals surface area contributed by atoms with E-state index in [1.54, 1.807) is 43.1 Å². The maximum absolute atomic E-state index is 13.4. The Morgan fingerprint density at radius 1 is 0.973 bits per heavy atom. The van der Waals surface area contributed by atoms with Gasteiger partial charge in [0.15, 0.2) is 11.1 Å². The quantitative estimate of drug-likeness (QED) is 0.00794. The third kappa shape index (κ3) is 12.6. The lowest BCUT2D eigenvalue weighted by Gasteiger charge is -2.59. The molecule has 3 aliphatic rings. The molecule has 0 unspecified atom stereocenters. The highest BCUT2D eigenvalue weighted by atomic mass is 32.2. The number of benzene rings is 3. The number of methoxy groups -OCH3 is 2. The molecule has 3 aliphatic carbocycles. The van der Waals surface area contributed by atoms with Crippen LogP contribution in [0.1, 0.15) is 139 Å². The van der Waals surface area contributed by atoms with E-state index in [0.29, 0.717) is 74.0 Å². The Morgan fingerprint density at radius 3 is 2.35 bits per heavy atom. The highest BCUT2D eigenvalue weighted by Crippen LogP contribution is 2.65. The molecule has 4 atom stereocenters. The van der Waals surface area contributed by atoms with Crippen LogP contribution in [-0.4, -0.2) is 59.3 Å². The number of anilines is 1. The minimum atomic E-state index is -4.47. The Labute approximate surface area is 437 Å². The fourth-order valence-electron chi connectivity index (χ4n) is 11.6. The Kier molecular flexibility index (Phi) is 18.2. The number of ether oxygens (including phenoxy) is 2. The topological polar surface area (TPSA) is 188 Å². The summed E-state index contributed by atoms with van der Waals surface area (Å²) < 4.78 is 54.1. The predicted molar refractivity (Wildman–Crippen MR) is 293 cm³/mol. The van der Waals surface area contributed by atoms with Gasteiger partial charge in [-0.25, -0.2) is 4.79 Å².